The molecule has 0 unspecified atom stereocenters. The third-order valence-electron chi connectivity index (χ3n) is 3.39. The number of carboxylic acid groups (broad SMARTS) is 1. The van der Waals surface area contributed by atoms with Crippen LogP contribution in [0.2, 0.25) is 0 Å². The van der Waals surface area contributed by atoms with E-state index in [1.54, 1.807) is 0 Å². The van der Waals surface area contributed by atoms with Crippen LogP contribution in [0.15, 0.2) is 29.6 Å². The average Bonchev–Trinajstić information content (AvgIpc) is 3.23. The van der Waals surface area contributed by atoms with Crippen molar-refractivity contribution in [1.82, 2.24) is 14.8 Å². The Labute approximate surface area is 120 Å². The van der Waals surface area contributed by atoms with Crippen molar-refractivity contribution < 1.29 is 9.90 Å². The number of hydrazone groups is 1. The number of fused-ring (bicyclic) bond motifs is 1. The molecule has 0 bridgehead atoms. The summed E-state index contributed by atoms with van der Waals surface area (Å²) >= 11 is 0. The number of rotatable bonds is 6. The molecule has 1 aliphatic rings. The van der Waals surface area contributed by atoms with Gasteiger partial charge in [0.25, 0.3) is 0 Å². The first kappa shape index (κ1) is 13.3. The van der Waals surface area contributed by atoms with Crippen LogP contribution in [0.25, 0.3) is 5.65 Å². The molecule has 2 heterocycles. The summed E-state index contributed by atoms with van der Waals surface area (Å²) in [6.45, 7) is 0.311. The number of aromatic nitrogens is 2. The van der Waals surface area contributed by atoms with Crippen molar-refractivity contribution in [2.45, 2.75) is 25.3 Å². The minimum Gasteiger partial charge on any atom is -0.476 e. The van der Waals surface area contributed by atoms with Crippen molar-refractivity contribution in [2.75, 3.05) is 0 Å². The number of hydrogen-bond donors (Lipinski definition) is 3. The van der Waals surface area contributed by atoms with Gasteiger partial charge in [-0.05, 0) is 30.4 Å². The Morgan fingerprint density at radius 3 is 3.00 bits per heavy atom. The average molecular weight is 285 g/mol. The van der Waals surface area contributed by atoms with E-state index < -0.39 is 5.97 Å². The molecule has 0 atom stereocenters. The van der Waals surface area contributed by atoms with Gasteiger partial charge in [-0.3, -0.25) is 0 Å². The fourth-order valence-electron chi connectivity index (χ4n) is 2.15. The Bertz CT molecular complexity index is 730. The second-order valence-corrected chi connectivity index (χ2v) is 5.02. The lowest BCUT2D eigenvalue weighted by Gasteiger charge is -1.98. The first-order valence-corrected chi connectivity index (χ1v) is 6.69. The maximum Gasteiger partial charge on any atom is 0.357 e. The quantitative estimate of drug-likeness (QED) is 0.551. The van der Waals surface area contributed by atoms with Crippen molar-refractivity contribution >= 4 is 23.5 Å². The van der Waals surface area contributed by atoms with E-state index in [2.05, 4.69) is 27.8 Å². The second-order valence-electron chi connectivity index (χ2n) is 5.02. The molecule has 3 N–H and O–H groups in total. The highest BCUT2D eigenvalue weighted by Crippen LogP contribution is 2.39. The van der Waals surface area contributed by atoms with Gasteiger partial charge in [-0.2, -0.15) is 5.10 Å². The van der Waals surface area contributed by atoms with Gasteiger partial charge in [0, 0.05) is 12.4 Å². The summed E-state index contributed by atoms with van der Waals surface area (Å²) in [6.07, 6.45) is 7.19. The van der Waals surface area contributed by atoms with Crippen LogP contribution in [0, 0.1) is 5.41 Å². The minimum atomic E-state index is -1.23. The molecular formula is C14H15N5O2. The van der Waals surface area contributed by atoms with Gasteiger partial charge in [0.1, 0.15) is 5.65 Å². The summed E-state index contributed by atoms with van der Waals surface area (Å²) in [4.78, 5) is 15.1. The number of nitrogens with zero attached hydrogens (tertiary/aromatic N) is 3. The van der Waals surface area contributed by atoms with Crippen LogP contribution < -0.4 is 5.43 Å². The molecule has 0 radical (unpaired) electrons. The van der Waals surface area contributed by atoms with E-state index in [4.69, 9.17) is 10.5 Å². The van der Waals surface area contributed by atoms with Crippen molar-refractivity contribution in [1.29, 1.82) is 5.41 Å². The third kappa shape index (κ3) is 2.91. The van der Waals surface area contributed by atoms with E-state index in [0.29, 0.717) is 18.7 Å². The van der Waals surface area contributed by atoms with E-state index >= 15 is 0 Å². The normalized spacial score (nSPS) is 15.1. The molecule has 7 heteroatoms. The summed E-state index contributed by atoms with van der Waals surface area (Å²) < 4.78 is 1.98. The van der Waals surface area contributed by atoms with E-state index in [0.717, 1.165) is 11.3 Å². The lowest BCUT2D eigenvalue weighted by Crippen LogP contribution is -2.19. The SMILES string of the molecule is N=C/C(=N\NCc1cn2cc(C3CC3)ccc2n1)C(=O)O. The number of carboxylic acids is 1. The summed E-state index contributed by atoms with van der Waals surface area (Å²) in [6, 6.07) is 4.09. The molecule has 0 spiro atoms. The summed E-state index contributed by atoms with van der Waals surface area (Å²) in [5, 5.41) is 19.3. The number of imidazole rings is 1. The summed E-state index contributed by atoms with van der Waals surface area (Å²) in [5.74, 6) is -0.546. The van der Waals surface area contributed by atoms with Crippen LogP contribution in [0.3, 0.4) is 0 Å². The zero-order valence-electron chi connectivity index (χ0n) is 11.3. The Morgan fingerprint density at radius 1 is 1.52 bits per heavy atom. The zero-order valence-corrected chi connectivity index (χ0v) is 11.3. The molecule has 2 aromatic heterocycles. The number of hydrogen-bond acceptors (Lipinski definition) is 5. The van der Waals surface area contributed by atoms with E-state index in [-0.39, 0.29) is 5.71 Å². The lowest BCUT2D eigenvalue weighted by atomic mass is 10.2. The summed E-state index contributed by atoms with van der Waals surface area (Å²) in [5.41, 5.74) is 5.23. The molecule has 2 aromatic rings. The topological polar surface area (TPSA) is 103 Å². The predicted octanol–water partition coefficient (Wildman–Crippen LogP) is 1.39. The number of aliphatic carboxylic acids is 1. The standard InChI is InChI=1S/C14H15N5O2/c15-5-12(14(20)21)18-16-6-11-8-19-7-10(9-1-2-9)3-4-13(19)17-11/h3-5,7-9,15-16H,1-2,6H2,(H,20,21)/b15-5?,18-12+. The Kier molecular flexibility index (Phi) is 3.39. The van der Waals surface area contributed by atoms with Gasteiger partial charge in [-0.25, -0.2) is 9.78 Å². The third-order valence-corrected chi connectivity index (χ3v) is 3.39. The van der Waals surface area contributed by atoms with Crippen LogP contribution in [-0.2, 0) is 11.3 Å². The highest BCUT2D eigenvalue weighted by Gasteiger charge is 2.23. The second kappa shape index (κ2) is 5.35. The first-order chi connectivity index (χ1) is 10.2. The van der Waals surface area contributed by atoms with Gasteiger partial charge in [-0.1, -0.05) is 6.07 Å². The molecule has 3 rings (SSSR count). The van der Waals surface area contributed by atoms with Gasteiger partial charge in [0.05, 0.1) is 18.5 Å². The maximum atomic E-state index is 10.7. The van der Waals surface area contributed by atoms with Crippen LogP contribution in [-0.4, -0.2) is 32.4 Å². The van der Waals surface area contributed by atoms with Gasteiger partial charge in [0.15, 0.2) is 5.71 Å². The highest BCUT2D eigenvalue weighted by atomic mass is 16.4. The van der Waals surface area contributed by atoms with Gasteiger partial charge >= 0.3 is 5.97 Å². The number of pyridine rings is 1. The molecular weight excluding hydrogens is 270 g/mol. The van der Waals surface area contributed by atoms with Crippen LogP contribution in [0.5, 0.6) is 0 Å². The predicted molar refractivity (Wildman–Crippen MR) is 77.9 cm³/mol. The molecule has 0 amide bonds. The molecule has 7 nitrogen and oxygen atoms in total. The summed E-state index contributed by atoms with van der Waals surface area (Å²) in [7, 11) is 0. The minimum absolute atomic E-state index is 0.311. The molecule has 21 heavy (non-hydrogen) atoms. The largest absolute Gasteiger partial charge is 0.476 e. The van der Waals surface area contributed by atoms with Gasteiger partial charge < -0.3 is 20.3 Å². The highest BCUT2D eigenvalue weighted by molar-refractivity contribution is 6.58. The number of carbonyl (C=O) groups is 1. The van der Waals surface area contributed by atoms with Crippen molar-refractivity contribution in [3.63, 3.8) is 0 Å². The molecule has 108 valence electrons. The lowest BCUT2D eigenvalue weighted by molar-refractivity contribution is -0.129. The van der Waals surface area contributed by atoms with Gasteiger partial charge in [-0.15, -0.1) is 0 Å². The van der Waals surface area contributed by atoms with Gasteiger partial charge in [0.2, 0.25) is 0 Å². The number of nitrogens with one attached hydrogen (secondary N) is 2. The monoisotopic (exact) mass is 285 g/mol. The van der Waals surface area contributed by atoms with Crippen molar-refractivity contribution in [3.05, 3.63) is 35.8 Å². The molecule has 1 aliphatic carbocycles. The molecule has 1 saturated carbocycles. The first-order valence-electron chi connectivity index (χ1n) is 6.69. The molecule has 1 fully saturated rings. The fourth-order valence-corrected chi connectivity index (χ4v) is 2.15. The Morgan fingerprint density at radius 2 is 2.33 bits per heavy atom. The molecule has 0 saturated heterocycles. The maximum absolute atomic E-state index is 10.7. The van der Waals surface area contributed by atoms with E-state index in [9.17, 15) is 4.79 Å². The van der Waals surface area contributed by atoms with Crippen LogP contribution in [0.1, 0.15) is 30.0 Å². The van der Waals surface area contributed by atoms with Crippen LogP contribution >= 0.6 is 0 Å². The fraction of sp³-hybridized carbons (Fsp3) is 0.286. The van der Waals surface area contributed by atoms with Crippen molar-refractivity contribution in [3.8, 4) is 0 Å². The smallest absolute Gasteiger partial charge is 0.357 e. The molecule has 0 aromatic carbocycles. The Hall–Kier alpha value is -2.70. The zero-order chi connectivity index (χ0) is 14.8. The Balaban J connectivity index is 1.72. The van der Waals surface area contributed by atoms with Crippen LogP contribution in [0.4, 0.5) is 0 Å². The van der Waals surface area contributed by atoms with E-state index in [1.807, 2.05) is 16.7 Å². The molecule has 0 aliphatic heterocycles. The van der Waals surface area contributed by atoms with E-state index in [1.165, 1.54) is 18.4 Å². The van der Waals surface area contributed by atoms with Crippen molar-refractivity contribution in [2.24, 2.45) is 5.10 Å².